The Kier molecular flexibility index (Phi) is 9.96. The van der Waals surface area contributed by atoms with E-state index in [-0.39, 0.29) is 37.2 Å². The molecule has 0 aliphatic rings. The molecule has 0 unspecified atom stereocenters. The molecular weight excluding hydrogens is 642 g/mol. The van der Waals surface area contributed by atoms with Gasteiger partial charge in [-0.15, -0.1) is 23.6 Å². The summed E-state index contributed by atoms with van der Waals surface area (Å²) in [6.45, 7) is 3.38. The molecule has 0 aliphatic carbocycles. The van der Waals surface area contributed by atoms with Gasteiger partial charge >= 0.3 is 5.28 Å². The number of nitrogens with one attached hydrogen (secondary N) is 1. The van der Waals surface area contributed by atoms with Crippen LogP contribution in [0.3, 0.4) is 0 Å². The molecule has 1 heterocycles. The Morgan fingerprint density at radius 3 is 2.33 bits per heavy atom. The summed E-state index contributed by atoms with van der Waals surface area (Å²) in [7, 11) is -4.92. The lowest BCUT2D eigenvalue weighted by molar-refractivity contribution is -0.662. The van der Waals surface area contributed by atoms with Gasteiger partial charge in [0.05, 0.1) is 40.4 Å². The number of phenolic OH excluding ortho intramolecular Hbond substituents is 1. The largest absolute Gasteiger partial charge is 0.507 e. The van der Waals surface area contributed by atoms with Crippen molar-refractivity contribution in [1.82, 2.24) is 9.97 Å². The number of anilines is 2. The third kappa shape index (κ3) is 7.14. The van der Waals surface area contributed by atoms with Crippen LogP contribution >= 0.6 is 35.7 Å². The number of fused-ring (bicyclic) bond motifs is 1. The minimum Gasteiger partial charge on any atom is -0.507 e. The number of aromatic nitrogens is 3. The van der Waals surface area contributed by atoms with Crippen molar-refractivity contribution < 1.29 is 52.0 Å². The standard InChI is InChI=1S/C21H18ClN7O10S3/c1-9-24-21(22)25-10(2)29(9)28-12-3-4-16(41-39-37-32)14(7-12)26-27-20-17(42(33,34)35)6-11-5-13(40-38-36-31)8-15(30)18(11)19(20)23/h3-8,28H,23H2,1-2H3,(H3-,30,31,32,33,34,35)/p+1. The van der Waals surface area contributed by atoms with Gasteiger partial charge in [0.15, 0.2) is 0 Å². The molecule has 0 spiro atoms. The van der Waals surface area contributed by atoms with Crippen molar-refractivity contribution in [2.45, 2.75) is 28.5 Å². The van der Waals surface area contributed by atoms with Crippen LogP contribution in [0.2, 0.25) is 5.28 Å². The number of benzene rings is 3. The lowest BCUT2D eigenvalue weighted by atomic mass is 10.1. The van der Waals surface area contributed by atoms with Gasteiger partial charge in [0, 0.05) is 24.1 Å². The minimum absolute atomic E-state index is 0.0160. The number of nitrogens with zero attached hydrogens (tertiary/aromatic N) is 5. The van der Waals surface area contributed by atoms with Crippen molar-refractivity contribution in [1.29, 1.82) is 0 Å². The molecule has 222 valence electrons. The van der Waals surface area contributed by atoms with E-state index in [0.29, 0.717) is 41.4 Å². The summed E-state index contributed by atoms with van der Waals surface area (Å²) in [5.41, 5.74) is 8.93. The van der Waals surface area contributed by atoms with E-state index in [1.54, 1.807) is 19.9 Å². The van der Waals surface area contributed by atoms with Crippen LogP contribution in [0.5, 0.6) is 5.75 Å². The van der Waals surface area contributed by atoms with Crippen molar-refractivity contribution in [2.75, 3.05) is 11.2 Å². The first-order valence-electron chi connectivity index (χ1n) is 11.0. The van der Waals surface area contributed by atoms with Gasteiger partial charge in [-0.2, -0.15) is 8.42 Å². The van der Waals surface area contributed by atoms with Gasteiger partial charge in [0.25, 0.3) is 21.8 Å². The van der Waals surface area contributed by atoms with Gasteiger partial charge in [-0.25, -0.2) is 15.9 Å². The Hall–Kier alpha value is -3.41. The number of aryl methyl sites for hydroxylation is 2. The van der Waals surface area contributed by atoms with E-state index in [2.05, 4.69) is 44.4 Å². The summed E-state index contributed by atoms with van der Waals surface area (Å²) < 4.78 is 45.0. The molecule has 0 atom stereocenters. The normalized spacial score (nSPS) is 12.0. The SMILES string of the molecule is Cc1nc(Cl)nc(C)[n+]1Nc1ccc(SOOO)c(N=Nc2c(S(=O)(=O)O)cc3cc(SOOO)cc(O)c3c2N)c1. The van der Waals surface area contributed by atoms with E-state index in [4.69, 9.17) is 27.8 Å². The number of nitrogens with two attached hydrogens (primary N) is 1. The van der Waals surface area contributed by atoms with Crippen LogP contribution in [-0.4, -0.2) is 38.6 Å². The number of hydrogen-bond donors (Lipinski definition) is 6. The first-order valence-corrected chi connectivity index (χ1v) is 14.3. The van der Waals surface area contributed by atoms with Crippen molar-refractivity contribution in [3.8, 4) is 5.75 Å². The molecule has 7 N–H and O–H groups in total. The predicted molar refractivity (Wildman–Crippen MR) is 148 cm³/mol. The summed E-state index contributed by atoms with van der Waals surface area (Å²) in [6, 6.07) is 8.16. The highest BCUT2D eigenvalue weighted by atomic mass is 35.5. The number of halogens is 1. The van der Waals surface area contributed by atoms with Gasteiger partial charge < -0.3 is 10.8 Å². The molecule has 4 rings (SSSR count). The van der Waals surface area contributed by atoms with Crippen molar-refractivity contribution in [2.24, 2.45) is 10.2 Å². The number of hydrogen-bond acceptors (Lipinski definition) is 17. The Morgan fingerprint density at radius 2 is 1.69 bits per heavy atom. The Balaban J connectivity index is 1.84. The predicted octanol–water partition coefficient (Wildman–Crippen LogP) is 4.87. The molecule has 0 saturated carbocycles. The minimum atomic E-state index is -4.92. The molecule has 0 fully saturated rings. The zero-order chi connectivity index (χ0) is 30.6. The van der Waals surface area contributed by atoms with E-state index in [1.807, 2.05) is 0 Å². The first-order chi connectivity index (χ1) is 19.9. The molecule has 0 bridgehead atoms. The van der Waals surface area contributed by atoms with Gasteiger partial charge in [0.2, 0.25) is 0 Å². The molecule has 0 aliphatic heterocycles. The smallest absolute Gasteiger partial charge is 0.372 e. The fraction of sp³-hybridized carbons (Fsp3) is 0.0952. The van der Waals surface area contributed by atoms with Crippen LogP contribution in [0.25, 0.3) is 10.8 Å². The summed E-state index contributed by atoms with van der Waals surface area (Å²) in [5.74, 6) is 0.547. The second-order valence-electron chi connectivity index (χ2n) is 8.02. The van der Waals surface area contributed by atoms with E-state index in [0.717, 1.165) is 6.07 Å². The van der Waals surface area contributed by atoms with Gasteiger partial charge in [-0.1, -0.05) is 20.0 Å². The zero-order valence-electron chi connectivity index (χ0n) is 21.1. The Labute approximate surface area is 249 Å². The third-order valence-electron chi connectivity index (χ3n) is 5.37. The molecule has 0 amide bonds. The summed E-state index contributed by atoms with van der Waals surface area (Å²) >= 11 is 6.95. The Morgan fingerprint density at radius 1 is 1.02 bits per heavy atom. The molecule has 42 heavy (non-hydrogen) atoms. The van der Waals surface area contributed by atoms with Crippen molar-refractivity contribution >= 4 is 79.3 Å². The van der Waals surface area contributed by atoms with Crippen LogP contribution in [0.15, 0.2) is 61.3 Å². The van der Waals surface area contributed by atoms with Crippen LogP contribution in [0, 0.1) is 13.8 Å². The second kappa shape index (κ2) is 13.3. The van der Waals surface area contributed by atoms with Gasteiger partial charge in [0.1, 0.15) is 22.0 Å². The number of aromatic hydroxyl groups is 1. The summed E-state index contributed by atoms with van der Waals surface area (Å²) in [4.78, 5) is 7.88. The fourth-order valence-corrected chi connectivity index (χ4v) is 5.47. The maximum Gasteiger partial charge on any atom is 0.372 e. The van der Waals surface area contributed by atoms with Gasteiger partial charge in [-0.3, -0.25) is 4.55 Å². The molecular formula is C21H19ClN7O10S3+. The Bertz CT molecular complexity index is 1770. The summed E-state index contributed by atoms with van der Waals surface area (Å²) in [5, 5.41) is 43.0. The number of nitrogen functional groups attached to an aromatic ring is 1. The zero-order valence-corrected chi connectivity index (χ0v) is 24.3. The van der Waals surface area contributed by atoms with Crippen molar-refractivity contribution in [3.63, 3.8) is 0 Å². The highest BCUT2D eigenvalue weighted by molar-refractivity contribution is 7.94. The average Bonchev–Trinajstić information content (AvgIpc) is 2.91. The number of rotatable bonds is 11. The molecule has 17 nitrogen and oxygen atoms in total. The van der Waals surface area contributed by atoms with E-state index in [1.165, 1.54) is 28.9 Å². The number of azo groups is 1. The van der Waals surface area contributed by atoms with Gasteiger partial charge in [-0.05, 0) is 53.4 Å². The highest BCUT2D eigenvalue weighted by Crippen LogP contribution is 2.44. The van der Waals surface area contributed by atoms with E-state index >= 15 is 0 Å². The van der Waals surface area contributed by atoms with Crippen molar-refractivity contribution in [3.05, 3.63) is 53.3 Å². The van der Waals surface area contributed by atoms with Crippen LogP contribution < -0.4 is 15.8 Å². The van der Waals surface area contributed by atoms with Crippen LogP contribution in [0.1, 0.15) is 11.6 Å². The second-order valence-corrected chi connectivity index (χ2v) is 11.3. The third-order valence-corrected chi connectivity index (χ3v) is 7.62. The van der Waals surface area contributed by atoms with Crippen LogP contribution in [0.4, 0.5) is 22.7 Å². The molecule has 1 aromatic heterocycles. The molecule has 4 aromatic rings. The first kappa shape index (κ1) is 31.5. The maximum atomic E-state index is 12.3. The fourth-order valence-electron chi connectivity index (χ4n) is 3.70. The maximum absolute atomic E-state index is 12.3. The number of phenols is 1. The molecule has 3 aromatic carbocycles. The molecule has 0 saturated heterocycles. The quantitative estimate of drug-likeness (QED) is 0.0239. The average molecular weight is 661 g/mol. The summed E-state index contributed by atoms with van der Waals surface area (Å²) in [6.07, 6.45) is 0. The molecule has 21 heteroatoms. The van der Waals surface area contributed by atoms with E-state index in [9.17, 15) is 18.1 Å². The highest BCUT2D eigenvalue weighted by Gasteiger charge is 2.23. The van der Waals surface area contributed by atoms with E-state index < -0.39 is 26.5 Å². The topological polar surface area (TPSA) is 244 Å². The van der Waals surface area contributed by atoms with Crippen LogP contribution in [-0.2, 0) is 28.9 Å². The molecule has 0 radical (unpaired) electrons. The monoisotopic (exact) mass is 660 g/mol. The lowest BCUT2D eigenvalue weighted by Crippen LogP contribution is -2.49. The lowest BCUT2D eigenvalue weighted by Gasteiger charge is -2.13.